The first-order valence-electron chi connectivity index (χ1n) is 4.09. The van der Waals surface area contributed by atoms with Crippen LogP contribution in [0.15, 0.2) is 24.8 Å². The van der Waals surface area contributed by atoms with Crippen molar-refractivity contribution in [3.05, 3.63) is 24.8 Å². The van der Waals surface area contributed by atoms with E-state index >= 15 is 0 Å². The van der Waals surface area contributed by atoms with Gasteiger partial charge in [-0.1, -0.05) is 25.2 Å². The van der Waals surface area contributed by atoms with Gasteiger partial charge in [0.15, 0.2) is 0 Å². The second-order valence-electron chi connectivity index (χ2n) is 3.85. The van der Waals surface area contributed by atoms with E-state index in [1.54, 1.807) is 0 Å². The average molecular weight is 134 g/mol. The Morgan fingerprint density at radius 1 is 1.60 bits per heavy atom. The van der Waals surface area contributed by atoms with Crippen LogP contribution in [0.1, 0.15) is 19.8 Å². The summed E-state index contributed by atoms with van der Waals surface area (Å²) >= 11 is 0. The highest BCUT2D eigenvalue weighted by molar-refractivity contribution is 5.23. The highest BCUT2D eigenvalue weighted by atomic mass is 14.5. The van der Waals surface area contributed by atoms with Crippen molar-refractivity contribution >= 4 is 0 Å². The highest BCUT2D eigenvalue weighted by Gasteiger charge is 2.42. The quantitative estimate of drug-likeness (QED) is 0.484. The topological polar surface area (TPSA) is 0 Å². The van der Waals surface area contributed by atoms with Gasteiger partial charge in [0.2, 0.25) is 0 Å². The lowest BCUT2D eigenvalue weighted by Crippen LogP contribution is -2.08. The third-order valence-corrected chi connectivity index (χ3v) is 3.13. The molecule has 3 unspecified atom stereocenters. The fraction of sp³-hybridized carbons (Fsp3) is 0.600. The van der Waals surface area contributed by atoms with Crippen molar-refractivity contribution in [3.8, 4) is 0 Å². The molecule has 0 heterocycles. The minimum atomic E-state index is 0.407. The first-order valence-corrected chi connectivity index (χ1v) is 4.09. The zero-order valence-corrected chi connectivity index (χ0v) is 6.51. The van der Waals surface area contributed by atoms with Crippen molar-refractivity contribution in [2.75, 3.05) is 0 Å². The second-order valence-corrected chi connectivity index (χ2v) is 3.85. The Labute approximate surface area is 62.6 Å². The Bertz CT molecular complexity index is 190. The maximum atomic E-state index is 3.90. The van der Waals surface area contributed by atoms with E-state index in [0.29, 0.717) is 5.41 Å². The first-order chi connectivity index (χ1) is 4.76. The van der Waals surface area contributed by atoms with Crippen molar-refractivity contribution in [1.29, 1.82) is 0 Å². The van der Waals surface area contributed by atoms with E-state index < -0.39 is 0 Å². The van der Waals surface area contributed by atoms with Crippen LogP contribution in [0, 0.1) is 17.3 Å². The third-order valence-electron chi connectivity index (χ3n) is 3.13. The molecule has 0 aromatic heterocycles. The normalized spacial score (nSPS) is 50.1. The molecule has 0 aromatic carbocycles. The molecule has 0 aliphatic heterocycles. The number of hydrogen-bond acceptors (Lipinski definition) is 0. The van der Waals surface area contributed by atoms with Crippen molar-refractivity contribution in [3.63, 3.8) is 0 Å². The maximum absolute atomic E-state index is 3.90. The van der Waals surface area contributed by atoms with Gasteiger partial charge in [-0.05, 0) is 24.7 Å². The molecule has 0 spiro atoms. The van der Waals surface area contributed by atoms with Gasteiger partial charge in [0, 0.05) is 5.41 Å². The van der Waals surface area contributed by atoms with Crippen LogP contribution in [0.2, 0.25) is 0 Å². The first kappa shape index (κ1) is 6.21. The van der Waals surface area contributed by atoms with Crippen LogP contribution in [0.5, 0.6) is 0 Å². The molecule has 54 valence electrons. The Kier molecular flexibility index (Phi) is 1.08. The second kappa shape index (κ2) is 1.75. The van der Waals surface area contributed by atoms with Gasteiger partial charge in [0.25, 0.3) is 0 Å². The van der Waals surface area contributed by atoms with Crippen molar-refractivity contribution in [2.45, 2.75) is 19.8 Å². The Morgan fingerprint density at radius 3 is 2.70 bits per heavy atom. The lowest BCUT2D eigenvalue weighted by atomic mass is 9.85. The minimum absolute atomic E-state index is 0.407. The molecule has 0 radical (unpaired) electrons. The summed E-state index contributed by atoms with van der Waals surface area (Å²) in [6, 6.07) is 0. The summed E-state index contributed by atoms with van der Waals surface area (Å²) < 4.78 is 0. The molecule has 10 heavy (non-hydrogen) atoms. The van der Waals surface area contributed by atoms with Crippen LogP contribution < -0.4 is 0 Å². The molecule has 2 bridgehead atoms. The summed E-state index contributed by atoms with van der Waals surface area (Å²) in [6.45, 7) is 6.24. The SMILES string of the molecule is C=CC12C=CC(C1)C(C)C2. The molecule has 2 rings (SSSR count). The van der Waals surface area contributed by atoms with Crippen LogP contribution in [-0.2, 0) is 0 Å². The average Bonchev–Trinajstić information content (AvgIpc) is 2.45. The van der Waals surface area contributed by atoms with Crippen molar-refractivity contribution < 1.29 is 0 Å². The van der Waals surface area contributed by atoms with E-state index in [1.807, 2.05) is 0 Å². The molecule has 3 atom stereocenters. The summed E-state index contributed by atoms with van der Waals surface area (Å²) in [5, 5.41) is 0. The predicted molar refractivity (Wildman–Crippen MR) is 43.7 cm³/mol. The standard InChI is InChI=1S/C10H14/c1-3-10-5-4-9(7-10)8(2)6-10/h3-5,8-9H,1,6-7H2,2H3. The molecule has 1 saturated carbocycles. The van der Waals surface area contributed by atoms with E-state index in [2.05, 4.69) is 31.7 Å². The van der Waals surface area contributed by atoms with Crippen molar-refractivity contribution in [1.82, 2.24) is 0 Å². The van der Waals surface area contributed by atoms with E-state index in [-0.39, 0.29) is 0 Å². The van der Waals surface area contributed by atoms with Crippen LogP contribution in [0.3, 0.4) is 0 Å². The summed E-state index contributed by atoms with van der Waals surface area (Å²) in [5.41, 5.74) is 0.407. The molecule has 2 aliphatic rings. The minimum Gasteiger partial charge on any atom is -0.102 e. The zero-order chi connectivity index (χ0) is 7.19. The highest BCUT2D eigenvalue weighted by Crippen LogP contribution is 2.52. The number of allylic oxidation sites excluding steroid dienone is 3. The monoisotopic (exact) mass is 134 g/mol. The summed E-state index contributed by atoms with van der Waals surface area (Å²) in [6.07, 6.45) is 9.52. The zero-order valence-electron chi connectivity index (χ0n) is 6.51. The fourth-order valence-corrected chi connectivity index (χ4v) is 2.42. The molecular formula is C10H14. The van der Waals surface area contributed by atoms with Gasteiger partial charge in [0.05, 0.1) is 0 Å². The molecule has 2 aliphatic carbocycles. The van der Waals surface area contributed by atoms with Crippen molar-refractivity contribution in [2.24, 2.45) is 17.3 Å². The van der Waals surface area contributed by atoms with Crippen LogP contribution in [-0.4, -0.2) is 0 Å². The Morgan fingerprint density at radius 2 is 2.40 bits per heavy atom. The lowest BCUT2D eigenvalue weighted by Gasteiger charge is -2.19. The smallest absolute Gasteiger partial charge is 0.00668 e. The van der Waals surface area contributed by atoms with Gasteiger partial charge in [-0.2, -0.15) is 0 Å². The van der Waals surface area contributed by atoms with Gasteiger partial charge in [-0.3, -0.25) is 0 Å². The van der Waals surface area contributed by atoms with Gasteiger partial charge >= 0.3 is 0 Å². The van der Waals surface area contributed by atoms with E-state index in [9.17, 15) is 0 Å². The lowest BCUT2D eigenvalue weighted by molar-refractivity contribution is 0.463. The third kappa shape index (κ3) is 0.622. The van der Waals surface area contributed by atoms with Gasteiger partial charge in [0.1, 0.15) is 0 Å². The number of fused-ring (bicyclic) bond motifs is 2. The number of rotatable bonds is 1. The molecule has 0 amide bonds. The van der Waals surface area contributed by atoms with Gasteiger partial charge in [-0.25, -0.2) is 0 Å². The van der Waals surface area contributed by atoms with Gasteiger partial charge < -0.3 is 0 Å². The Balaban J connectivity index is 2.31. The summed E-state index contributed by atoms with van der Waals surface area (Å²) in [7, 11) is 0. The van der Waals surface area contributed by atoms with E-state index in [4.69, 9.17) is 0 Å². The molecule has 0 nitrogen and oxygen atoms in total. The number of hydrogen-bond donors (Lipinski definition) is 0. The van der Waals surface area contributed by atoms with Gasteiger partial charge in [-0.15, -0.1) is 6.58 Å². The van der Waals surface area contributed by atoms with Crippen LogP contribution in [0.25, 0.3) is 0 Å². The van der Waals surface area contributed by atoms with Crippen LogP contribution >= 0.6 is 0 Å². The molecule has 1 fully saturated rings. The summed E-state index contributed by atoms with van der Waals surface area (Å²) in [4.78, 5) is 0. The molecule has 0 N–H and O–H groups in total. The maximum Gasteiger partial charge on any atom is 0.00668 e. The fourth-order valence-electron chi connectivity index (χ4n) is 2.42. The van der Waals surface area contributed by atoms with E-state index in [1.165, 1.54) is 12.8 Å². The van der Waals surface area contributed by atoms with Crippen LogP contribution in [0.4, 0.5) is 0 Å². The molecular weight excluding hydrogens is 120 g/mol. The molecule has 0 saturated heterocycles. The summed E-state index contributed by atoms with van der Waals surface area (Å²) in [5.74, 6) is 1.75. The van der Waals surface area contributed by atoms with E-state index in [0.717, 1.165) is 11.8 Å². The molecule has 0 heteroatoms. The largest absolute Gasteiger partial charge is 0.102 e. The predicted octanol–water partition coefficient (Wildman–Crippen LogP) is 2.77. The Hall–Kier alpha value is -0.520. The molecule has 0 aromatic rings.